The molecule has 0 bridgehead atoms. The molecular weight excluding hydrogens is 260 g/mol. The SMILES string of the molecule is O=C(O)CCC1CCCCN1C(=O)N1CCCC(O)C1. The Morgan fingerprint density at radius 1 is 1.10 bits per heavy atom. The van der Waals surface area contributed by atoms with Crippen molar-refractivity contribution in [3.63, 3.8) is 0 Å². The molecule has 114 valence electrons. The molecule has 2 heterocycles. The first kappa shape index (κ1) is 15.1. The van der Waals surface area contributed by atoms with Gasteiger partial charge in [0, 0.05) is 32.1 Å². The first-order valence-corrected chi connectivity index (χ1v) is 7.53. The summed E-state index contributed by atoms with van der Waals surface area (Å²) in [5.41, 5.74) is 0. The van der Waals surface area contributed by atoms with Crippen molar-refractivity contribution >= 4 is 12.0 Å². The Hall–Kier alpha value is -1.30. The van der Waals surface area contributed by atoms with E-state index in [1.165, 1.54) is 0 Å². The Kier molecular flexibility index (Phi) is 5.23. The van der Waals surface area contributed by atoms with Crippen LogP contribution in [0.5, 0.6) is 0 Å². The van der Waals surface area contributed by atoms with Crippen LogP contribution in [0.25, 0.3) is 0 Å². The monoisotopic (exact) mass is 284 g/mol. The fourth-order valence-corrected chi connectivity index (χ4v) is 3.15. The molecule has 2 N–H and O–H groups in total. The Balaban J connectivity index is 1.95. The highest BCUT2D eigenvalue weighted by Gasteiger charge is 2.32. The highest BCUT2D eigenvalue weighted by molar-refractivity contribution is 5.75. The number of aliphatic hydroxyl groups excluding tert-OH is 1. The van der Waals surface area contributed by atoms with E-state index in [0.29, 0.717) is 26.1 Å². The summed E-state index contributed by atoms with van der Waals surface area (Å²) in [6.07, 6.45) is 4.72. The summed E-state index contributed by atoms with van der Waals surface area (Å²) in [6.45, 7) is 1.80. The molecule has 6 nitrogen and oxygen atoms in total. The van der Waals surface area contributed by atoms with Crippen molar-refractivity contribution in [2.24, 2.45) is 0 Å². The maximum absolute atomic E-state index is 12.5. The second kappa shape index (κ2) is 6.92. The van der Waals surface area contributed by atoms with Gasteiger partial charge < -0.3 is 20.0 Å². The normalized spacial score (nSPS) is 27.4. The molecule has 2 atom stereocenters. The standard InChI is InChI=1S/C14H24N2O4/c17-12-5-3-8-15(10-12)14(20)16-9-2-1-4-11(16)6-7-13(18)19/h11-12,17H,1-10H2,(H,18,19). The lowest BCUT2D eigenvalue weighted by Crippen LogP contribution is -2.53. The van der Waals surface area contributed by atoms with Crippen LogP contribution in [0.1, 0.15) is 44.9 Å². The minimum atomic E-state index is -0.809. The second-order valence-corrected chi connectivity index (χ2v) is 5.80. The topological polar surface area (TPSA) is 81.1 Å². The number of urea groups is 1. The van der Waals surface area contributed by atoms with Gasteiger partial charge in [0.15, 0.2) is 0 Å². The van der Waals surface area contributed by atoms with Crippen molar-refractivity contribution in [3.8, 4) is 0 Å². The highest BCUT2D eigenvalue weighted by Crippen LogP contribution is 2.23. The van der Waals surface area contributed by atoms with Crippen molar-refractivity contribution in [2.75, 3.05) is 19.6 Å². The van der Waals surface area contributed by atoms with E-state index in [9.17, 15) is 14.7 Å². The smallest absolute Gasteiger partial charge is 0.320 e. The summed E-state index contributed by atoms with van der Waals surface area (Å²) in [5, 5.41) is 18.5. The van der Waals surface area contributed by atoms with E-state index >= 15 is 0 Å². The van der Waals surface area contributed by atoms with Gasteiger partial charge in [-0.15, -0.1) is 0 Å². The number of aliphatic carboxylic acids is 1. The van der Waals surface area contributed by atoms with Gasteiger partial charge in [-0.05, 0) is 38.5 Å². The van der Waals surface area contributed by atoms with Crippen LogP contribution in [0.4, 0.5) is 4.79 Å². The molecule has 0 spiro atoms. The van der Waals surface area contributed by atoms with Gasteiger partial charge in [0.25, 0.3) is 0 Å². The van der Waals surface area contributed by atoms with Crippen LogP contribution in [-0.2, 0) is 4.79 Å². The number of β-amino-alcohol motifs (C(OH)–C–C–N with tert-alkyl or cyclic N) is 1. The summed E-state index contributed by atoms with van der Waals surface area (Å²) in [5.74, 6) is -0.809. The fraction of sp³-hybridized carbons (Fsp3) is 0.857. The Bertz CT molecular complexity index is 361. The number of hydrogen-bond donors (Lipinski definition) is 2. The van der Waals surface area contributed by atoms with Gasteiger partial charge >= 0.3 is 12.0 Å². The number of carboxylic acid groups (broad SMARTS) is 1. The summed E-state index contributed by atoms with van der Waals surface area (Å²) in [7, 11) is 0. The van der Waals surface area contributed by atoms with Crippen molar-refractivity contribution in [1.29, 1.82) is 0 Å². The number of carbonyl (C=O) groups excluding carboxylic acids is 1. The van der Waals surface area contributed by atoms with Gasteiger partial charge in [-0.2, -0.15) is 0 Å². The van der Waals surface area contributed by atoms with E-state index in [-0.39, 0.29) is 18.5 Å². The molecule has 0 aromatic heterocycles. The van der Waals surface area contributed by atoms with Gasteiger partial charge in [-0.25, -0.2) is 4.79 Å². The van der Waals surface area contributed by atoms with Crippen molar-refractivity contribution < 1.29 is 19.8 Å². The molecule has 6 heteroatoms. The molecule has 0 aliphatic carbocycles. The molecule has 0 saturated carbocycles. The van der Waals surface area contributed by atoms with Crippen LogP contribution in [-0.4, -0.2) is 63.8 Å². The highest BCUT2D eigenvalue weighted by atomic mass is 16.4. The van der Waals surface area contributed by atoms with E-state index in [4.69, 9.17) is 5.11 Å². The molecular formula is C14H24N2O4. The number of aliphatic hydroxyl groups is 1. The van der Waals surface area contributed by atoms with Crippen molar-refractivity contribution in [1.82, 2.24) is 9.80 Å². The molecule has 2 aliphatic heterocycles. The summed E-state index contributed by atoms with van der Waals surface area (Å²) >= 11 is 0. The third kappa shape index (κ3) is 3.85. The predicted molar refractivity (Wildman–Crippen MR) is 73.4 cm³/mol. The number of carbonyl (C=O) groups is 2. The zero-order valence-electron chi connectivity index (χ0n) is 11.8. The lowest BCUT2D eigenvalue weighted by molar-refractivity contribution is -0.137. The van der Waals surface area contributed by atoms with E-state index < -0.39 is 12.1 Å². The average Bonchev–Trinajstić information content (AvgIpc) is 2.44. The molecule has 2 saturated heterocycles. The lowest BCUT2D eigenvalue weighted by Gasteiger charge is -2.40. The molecule has 0 aromatic carbocycles. The van der Waals surface area contributed by atoms with Gasteiger partial charge in [-0.3, -0.25) is 4.79 Å². The van der Waals surface area contributed by atoms with Gasteiger partial charge in [-0.1, -0.05) is 0 Å². The fourth-order valence-electron chi connectivity index (χ4n) is 3.15. The Morgan fingerprint density at radius 2 is 1.90 bits per heavy atom. The lowest BCUT2D eigenvalue weighted by atomic mass is 9.98. The number of carboxylic acids is 1. The van der Waals surface area contributed by atoms with E-state index in [0.717, 1.165) is 32.1 Å². The van der Waals surface area contributed by atoms with Crippen LogP contribution < -0.4 is 0 Å². The third-order valence-electron chi connectivity index (χ3n) is 4.23. The largest absolute Gasteiger partial charge is 0.481 e. The predicted octanol–water partition coefficient (Wildman–Crippen LogP) is 1.28. The van der Waals surface area contributed by atoms with Crippen LogP contribution >= 0.6 is 0 Å². The van der Waals surface area contributed by atoms with Crippen molar-refractivity contribution in [2.45, 2.75) is 57.1 Å². The number of amides is 2. The maximum atomic E-state index is 12.5. The first-order valence-electron chi connectivity index (χ1n) is 7.53. The van der Waals surface area contributed by atoms with E-state index in [1.807, 2.05) is 4.90 Å². The summed E-state index contributed by atoms with van der Waals surface area (Å²) in [4.78, 5) is 26.8. The molecule has 20 heavy (non-hydrogen) atoms. The first-order chi connectivity index (χ1) is 9.58. The van der Waals surface area contributed by atoms with Crippen LogP contribution in [0.15, 0.2) is 0 Å². The minimum Gasteiger partial charge on any atom is -0.481 e. The zero-order valence-corrected chi connectivity index (χ0v) is 11.8. The molecule has 2 fully saturated rings. The minimum absolute atomic E-state index is 0.0289. The summed E-state index contributed by atoms with van der Waals surface area (Å²) in [6, 6.07) is 0.00487. The zero-order chi connectivity index (χ0) is 14.5. The number of hydrogen-bond acceptors (Lipinski definition) is 3. The molecule has 2 unspecified atom stereocenters. The number of piperidine rings is 2. The molecule has 2 aliphatic rings. The van der Waals surface area contributed by atoms with Gasteiger partial charge in [0.2, 0.25) is 0 Å². The molecule has 0 aromatic rings. The summed E-state index contributed by atoms with van der Waals surface area (Å²) < 4.78 is 0. The number of nitrogens with zero attached hydrogens (tertiary/aromatic N) is 2. The van der Waals surface area contributed by atoms with Gasteiger partial charge in [0.1, 0.15) is 0 Å². The third-order valence-corrected chi connectivity index (χ3v) is 4.23. The van der Waals surface area contributed by atoms with Crippen LogP contribution in [0, 0.1) is 0 Å². The number of rotatable bonds is 3. The van der Waals surface area contributed by atoms with Crippen LogP contribution in [0.3, 0.4) is 0 Å². The Morgan fingerprint density at radius 3 is 2.60 bits per heavy atom. The van der Waals surface area contributed by atoms with E-state index in [1.54, 1.807) is 4.90 Å². The quantitative estimate of drug-likeness (QED) is 0.818. The molecule has 0 radical (unpaired) electrons. The maximum Gasteiger partial charge on any atom is 0.320 e. The second-order valence-electron chi connectivity index (χ2n) is 5.80. The number of likely N-dealkylation sites (tertiary alicyclic amines) is 2. The Labute approximate surface area is 119 Å². The van der Waals surface area contributed by atoms with E-state index in [2.05, 4.69) is 0 Å². The average molecular weight is 284 g/mol. The molecule has 2 amide bonds. The van der Waals surface area contributed by atoms with Crippen LogP contribution in [0.2, 0.25) is 0 Å². The van der Waals surface area contributed by atoms with Gasteiger partial charge in [0.05, 0.1) is 6.10 Å². The molecule has 2 rings (SSSR count). The van der Waals surface area contributed by atoms with Crippen molar-refractivity contribution in [3.05, 3.63) is 0 Å².